The lowest BCUT2D eigenvalue weighted by molar-refractivity contribution is -0.126. The van der Waals surface area contributed by atoms with Crippen molar-refractivity contribution >= 4 is 34.5 Å². The molecule has 0 aromatic heterocycles. The second-order valence-corrected chi connectivity index (χ2v) is 9.49. The molecule has 0 spiro atoms. The molecule has 1 saturated heterocycles. The Morgan fingerprint density at radius 1 is 1.15 bits per heavy atom. The predicted octanol–water partition coefficient (Wildman–Crippen LogP) is 2.51. The zero-order chi connectivity index (χ0) is 24.5. The highest BCUT2D eigenvalue weighted by molar-refractivity contribution is 7.96. The number of piperidine rings is 1. The van der Waals surface area contributed by atoms with Crippen LogP contribution in [0.15, 0.2) is 42.5 Å². The summed E-state index contributed by atoms with van der Waals surface area (Å²) in [5, 5.41) is 16.7. The number of alkyl halides is 1. The Labute approximate surface area is 205 Å². The number of aliphatic hydroxyl groups excluding tert-OH is 1. The Hall–Kier alpha value is -2.20. The molecule has 0 aliphatic carbocycles. The first-order valence-electron chi connectivity index (χ1n) is 11.7. The van der Waals surface area contributed by atoms with Crippen LogP contribution >= 0.6 is 11.9 Å². The van der Waals surface area contributed by atoms with E-state index in [1.165, 1.54) is 16.3 Å². The van der Waals surface area contributed by atoms with Gasteiger partial charge in [0.25, 0.3) is 0 Å². The molecule has 1 aliphatic rings. The minimum Gasteiger partial charge on any atom is -0.389 e. The minimum absolute atomic E-state index is 0.169. The lowest BCUT2D eigenvalue weighted by atomic mass is 9.96. The fraction of sp³-hybridized carbons (Fsp3) is 0.520. The van der Waals surface area contributed by atoms with Gasteiger partial charge in [0.1, 0.15) is 6.67 Å². The van der Waals surface area contributed by atoms with Crippen LogP contribution in [-0.2, 0) is 9.59 Å². The molecule has 2 aromatic rings. The molecule has 9 heteroatoms. The third kappa shape index (κ3) is 7.15. The first-order valence-corrected chi connectivity index (χ1v) is 12.9. The van der Waals surface area contributed by atoms with Crippen molar-refractivity contribution in [3.8, 4) is 0 Å². The van der Waals surface area contributed by atoms with Gasteiger partial charge in [0.05, 0.1) is 19.2 Å². The van der Waals surface area contributed by atoms with Crippen molar-refractivity contribution < 1.29 is 19.1 Å². The zero-order valence-electron chi connectivity index (χ0n) is 19.9. The van der Waals surface area contributed by atoms with E-state index >= 15 is 0 Å². The molecule has 7 nitrogen and oxygen atoms in total. The van der Waals surface area contributed by atoms with E-state index in [0.29, 0.717) is 6.04 Å². The smallest absolute Gasteiger partial charge is 0.239 e. The fourth-order valence-corrected chi connectivity index (χ4v) is 5.20. The molecular formula is C25H35FN4O3S. The Kier molecular flexibility index (Phi) is 10.1. The normalized spacial score (nSPS) is 17.0. The minimum atomic E-state index is -1.22. The third-order valence-electron chi connectivity index (χ3n) is 6.42. The second kappa shape index (κ2) is 13.0. The number of carbonyl (C=O) groups is 2. The quantitative estimate of drug-likeness (QED) is 0.420. The first-order chi connectivity index (χ1) is 16.4. The van der Waals surface area contributed by atoms with Gasteiger partial charge in [-0.15, -0.1) is 0 Å². The van der Waals surface area contributed by atoms with E-state index in [9.17, 15) is 14.0 Å². The molecule has 3 rings (SSSR count). The summed E-state index contributed by atoms with van der Waals surface area (Å²) in [4.78, 5) is 26.6. The number of nitrogens with one attached hydrogen (secondary N) is 2. The summed E-state index contributed by atoms with van der Waals surface area (Å²) < 4.78 is 14.3. The van der Waals surface area contributed by atoms with Crippen LogP contribution in [0.1, 0.15) is 31.4 Å². The van der Waals surface area contributed by atoms with Crippen molar-refractivity contribution in [1.29, 1.82) is 0 Å². The molecule has 2 atom stereocenters. The maximum Gasteiger partial charge on any atom is 0.239 e. The summed E-state index contributed by atoms with van der Waals surface area (Å²) >= 11 is 1.54. The first kappa shape index (κ1) is 26.4. The number of aliphatic hydroxyl groups is 1. The molecule has 3 N–H and O–H groups in total. The van der Waals surface area contributed by atoms with E-state index in [1.54, 1.807) is 11.9 Å². The number of hydrogen-bond acceptors (Lipinski definition) is 6. The number of fused-ring (bicyclic) bond motifs is 1. The maximum absolute atomic E-state index is 12.4. The van der Waals surface area contributed by atoms with Crippen molar-refractivity contribution in [2.45, 2.75) is 38.0 Å². The molecule has 0 bridgehead atoms. The van der Waals surface area contributed by atoms with Gasteiger partial charge >= 0.3 is 0 Å². The van der Waals surface area contributed by atoms with Crippen molar-refractivity contribution in [2.75, 3.05) is 45.7 Å². The monoisotopic (exact) mass is 490 g/mol. The molecule has 2 unspecified atom stereocenters. The topological polar surface area (TPSA) is 84.9 Å². The molecule has 2 amide bonds. The largest absolute Gasteiger partial charge is 0.389 e. The number of halogens is 1. The Morgan fingerprint density at radius 2 is 1.85 bits per heavy atom. The average molecular weight is 491 g/mol. The van der Waals surface area contributed by atoms with Crippen LogP contribution in [-0.4, -0.2) is 83.9 Å². The van der Waals surface area contributed by atoms with Gasteiger partial charge in [-0.1, -0.05) is 54.4 Å². The number of carbonyl (C=O) groups excluding carboxylic acids is 2. The molecular weight excluding hydrogens is 455 g/mol. The molecule has 2 aromatic carbocycles. The molecule has 0 saturated carbocycles. The number of hydrogen-bond donors (Lipinski definition) is 3. The van der Waals surface area contributed by atoms with Crippen LogP contribution in [0.3, 0.4) is 0 Å². The highest BCUT2D eigenvalue weighted by atomic mass is 32.2. The number of nitrogens with zero attached hydrogens (tertiary/aromatic N) is 2. The average Bonchev–Trinajstić information content (AvgIpc) is 2.88. The summed E-state index contributed by atoms with van der Waals surface area (Å²) in [6, 6.07) is 15.6. The van der Waals surface area contributed by atoms with Crippen LogP contribution in [0.25, 0.3) is 10.8 Å². The zero-order valence-corrected chi connectivity index (χ0v) is 20.7. The van der Waals surface area contributed by atoms with E-state index in [1.807, 2.05) is 6.26 Å². The summed E-state index contributed by atoms with van der Waals surface area (Å²) in [5.41, 5.74) is 1.34. The number of amides is 2. The van der Waals surface area contributed by atoms with Gasteiger partial charge in [-0.3, -0.25) is 14.5 Å². The third-order valence-corrected chi connectivity index (χ3v) is 7.32. The molecule has 34 heavy (non-hydrogen) atoms. The molecule has 186 valence electrons. The van der Waals surface area contributed by atoms with Crippen LogP contribution < -0.4 is 10.6 Å². The summed E-state index contributed by atoms with van der Waals surface area (Å²) in [5.74, 6) is -0.686. The summed E-state index contributed by atoms with van der Waals surface area (Å²) in [6.07, 6.45) is 2.67. The SMILES string of the molecule is CSN(CC(=O)NCC(=O)NCC(O)CF)C1CCN(C(C)c2cccc3ccccc23)CC1. The van der Waals surface area contributed by atoms with Gasteiger partial charge in [-0.05, 0) is 42.4 Å². The van der Waals surface area contributed by atoms with E-state index < -0.39 is 18.7 Å². The van der Waals surface area contributed by atoms with Gasteiger partial charge in [0.15, 0.2) is 0 Å². The summed E-state index contributed by atoms with van der Waals surface area (Å²) in [6.45, 7) is 3.08. The Balaban J connectivity index is 1.47. The number of rotatable bonds is 11. The molecule has 1 fully saturated rings. The molecule has 0 radical (unpaired) electrons. The standard InChI is InChI=1S/C25H35FN4O3S/c1-18(22-9-5-7-19-6-3-4-8-23(19)22)29-12-10-20(11-13-29)30(34-2)17-25(33)28-16-24(32)27-15-21(31)14-26/h3-9,18,20-21,31H,10-17H2,1-2H3,(H,27,32)(H,28,33). The van der Waals surface area contributed by atoms with Crippen molar-refractivity contribution in [3.05, 3.63) is 48.0 Å². The van der Waals surface area contributed by atoms with Gasteiger partial charge in [-0.2, -0.15) is 0 Å². The van der Waals surface area contributed by atoms with E-state index in [-0.39, 0.29) is 31.6 Å². The predicted molar refractivity (Wildman–Crippen MR) is 135 cm³/mol. The van der Waals surface area contributed by atoms with Crippen LogP contribution in [0.2, 0.25) is 0 Å². The van der Waals surface area contributed by atoms with Crippen LogP contribution in [0.4, 0.5) is 4.39 Å². The number of likely N-dealkylation sites (tertiary alicyclic amines) is 1. The van der Waals surface area contributed by atoms with Crippen molar-refractivity contribution in [1.82, 2.24) is 19.8 Å². The van der Waals surface area contributed by atoms with Crippen LogP contribution in [0.5, 0.6) is 0 Å². The lowest BCUT2D eigenvalue weighted by Crippen LogP contribution is -2.47. The molecule has 1 heterocycles. The molecule has 1 aliphatic heterocycles. The maximum atomic E-state index is 12.4. The van der Waals surface area contributed by atoms with E-state index in [2.05, 4.69) is 69.2 Å². The van der Waals surface area contributed by atoms with Crippen molar-refractivity contribution in [3.63, 3.8) is 0 Å². The van der Waals surface area contributed by atoms with Gasteiger partial charge in [-0.25, -0.2) is 8.70 Å². The van der Waals surface area contributed by atoms with Gasteiger partial charge < -0.3 is 15.7 Å². The van der Waals surface area contributed by atoms with Gasteiger partial charge in [0, 0.05) is 31.7 Å². The highest BCUT2D eigenvalue weighted by Gasteiger charge is 2.28. The Morgan fingerprint density at radius 3 is 2.56 bits per heavy atom. The highest BCUT2D eigenvalue weighted by Crippen LogP contribution is 2.31. The fourth-order valence-electron chi connectivity index (χ4n) is 4.44. The summed E-state index contributed by atoms with van der Waals surface area (Å²) in [7, 11) is 0. The number of benzene rings is 2. The van der Waals surface area contributed by atoms with Crippen molar-refractivity contribution in [2.24, 2.45) is 0 Å². The van der Waals surface area contributed by atoms with E-state index in [0.717, 1.165) is 25.9 Å². The van der Waals surface area contributed by atoms with Gasteiger partial charge in [0.2, 0.25) is 11.8 Å². The van der Waals surface area contributed by atoms with E-state index in [4.69, 9.17) is 5.11 Å². The second-order valence-electron chi connectivity index (χ2n) is 8.66. The Bertz CT molecular complexity index is 949. The lowest BCUT2D eigenvalue weighted by Gasteiger charge is -2.40. The van der Waals surface area contributed by atoms with Crippen LogP contribution in [0, 0.1) is 0 Å².